The van der Waals surface area contributed by atoms with Gasteiger partial charge < -0.3 is 5.11 Å². The molecular formula is C14H21NO3. The van der Waals surface area contributed by atoms with Crippen molar-refractivity contribution in [3.05, 3.63) is 0 Å². The van der Waals surface area contributed by atoms with Crippen molar-refractivity contribution < 1.29 is 14.7 Å². The van der Waals surface area contributed by atoms with E-state index in [4.69, 9.17) is 0 Å². The third kappa shape index (κ3) is 1.54. The van der Waals surface area contributed by atoms with Crippen LogP contribution in [0.15, 0.2) is 0 Å². The first-order chi connectivity index (χ1) is 8.44. The van der Waals surface area contributed by atoms with Gasteiger partial charge in [0.05, 0.1) is 24.5 Å². The van der Waals surface area contributed by atoms with E-state index in [0.29, 0.717) is 0 Å². The van der Waals surface area contributed by atoms with E-state index in [9.17, 15) is 14.7 Å². The van der Waals surface area contributed by atoms with Crippen LogP contribution in [-0.2, 0) is 9.59 Å². The highest BCUT2D eigenvalue weighted by atomic mass is 16.3. The molecule has 1 saturated heterocycles. The summed E-state index contributed by atoms with van der Waals surface area (Å²) in [4.78, 5) is 25.5. The van der Waals surface area contributed by atoms with Crippen LogP contribution >= 0.6 is 0 Å². The Balaban J connectivity index is 1.65. The van der Waals surface area contributed by atoms with E-state index in [1.807, 2.05) is 13.8 Å². The maximum Gasteiger partial charge on any atom is 0.233 e. The fourth-order valence-electron chi connectivity index (χ4n) is 3.86. The molecule has 2 aliphatic carbocycles. The van der Waals surface area contributed by atoms with Crippen LogP contribution in [-0.4, -0.2) is 34.5 Å². The smallest absolute Gasteiger partial charge is 0.233 e. The minimum atomic E-state index is -0.527. The molecule has 18 heavy (non-hydrogen) atoms. The summed E-state index contributed by atoms with van der Waals surface area (Å²) in [5.74, 6) is -0.101. The Morgan fingerprint density at radius 3 is 2.22 bits per heavy atom. The summed E-state index contributed by atoms with van der Waals surface area (Å²) < 4.78 is 0. The highest BCUT2D eigenvalue weighted by molar-refractivity contribution is 6.10. The molecule has 2 saturated carbocycles. The monoisotopic (exact) mass is 251 g/mol. The van der Waals surface area contributed by atoms with Crippen LogP contribution in [0.1, 0.15) is 39.5 Å². The van der Waals surface area contributed by atoms with Crippen LogP contribution in [0.2, 0.25) is 0 Å². The van der Waals surface area contributed by atoms with Gasteiger partial charge in [-0.3, -0.25) is 14.5 Å². The largest absolute Gasteiger partial charge is 0.391 e. The summed E-state index contributed by atoms with van der Waals surface area (Å²) in [6, 6.07) is 0. The van der Waals surface area contributed by atoms with E-state index in [1.54, 1.807) is 0 Å². The lowest BCUT2D eigenvalue weighted by Gasteiger charge is -2.26. The van der Waals surface area contributed by atoms with E-state index < -0.39 is 6.10 Å². The molecular weight excluding hydrogens is 230 g/mol. The zero-order valence-corrected chi connectivity index (χ0v) is 11.1. The lowest BCUT2D eigenvalue weighted by Crippen LogP contribution is -2.43. The minimum absolute atomic E-state index is 0.0629. The van der Waals surface area contributed by atoms with E-state index in [-0.39, 0.29) is 41.5 Å². The van der Waals surface area contributed by atoms with Crippen molar-refractivity contribution in [3.63, 3.8) is 0 Å². The molecule has 0 radical (unpaired) electrons. The molecule has 3 unspecified atom stereocenters. The molecule has 0 spiro atoms. The van der Waals surface area contributed by atoms with Gasteiger partial charge in [0.1, 0.15) is 0 Å². The lowest BCUT2D eigenvalue weighted by atomic mass is 9.99. The molecule has 4 heteroatoms. The van der Waals surface area contributed by atoms with Crippen LogP contribution in [0.5, 0.6) is 0 Å². The summed E-state index contributed by atoms with van der Waals surface area (Å²) in [5.41, 5.74) is -0.150. The Labute approximate surface area is 107 Å². The second-order valence-corrected chi connectivity index (χ2v) is 6.68. The second-order valence-electron chi connectivity index (χ2n) is 6.68. The number of likely N-dealkylation sites (tertiary alicyclic amines) is 1. The zero-order chi connectivity index (χ0) is 13.1. The number of aliphatic hydroxyl groups is 1. The molecule has 2 amide bonds. The molecule has 4 nitrogen and oxygen atoms in total. The van der Waals surface area contributed by atoms with Gasteiger partial charge in [-0.2, -0.15) is 0 Å². The van der Waals surface area contributed by atoms with E-state index in [1.165, 1.54) is 4.90 Å². The number of aliphatic hydroxyl groups excluding tert-OH is 1. The molecule has 0 aromatic heterocycles. The standard InChI is InChI=1S/C14H21NO3/c1-14(2)10-11(14)13(18)15(12(10)17)7-9(16)8-5-3-4-6-8/h8-11,16H,3-7H2,1-2H3. The topological polar surface area (TPSA) is 57.6 Å². The molecule has 3 rings (SSSR count). The van der Waals surface area contributed by atoms with E-state index in [2.05, 4.69) is 0 Å². The number of hydrogen-bond donors (Lipinski definition) is 1. The first-order valence-corrected chi connectivity index (χ1v) is 6.98. The SMILES string of the molecule is CC1(C)C2C(=O)N(CC(O)C3CCCC3)C(=O)C21. The van der Waals surface area contributed by atoms with Crippen LogP contribution in [0.4, 0.5) is 0 Å². The fraction of sp³-hybridized carbons (Fsp3) is 0.857. The second kappa shape index (κ2) is 3.80. The van der Waals surface area contributed by atoms with Crippen molar-refractivity contribution >= 4 is 11.8 Å². The number of imide groups is 1. The molecule has 100 valence electrons. The zero-order valence-electron chi connectivity index (χ0n) is 11.1. The van der Waals surface area contributed by atoms with Gasteiger partial charge >= 0.3 is 0 Å². The molecule has 1 heterocycles. The summed E-state index contributed by atoms with van der Waals surface area (Å²) in [6.07, 6.45) is 3.83. The first-order valence-electron chi connectivity index (χ1n) is 6.98. The molecule has 0 aromatic carbocycles. The maximum absolute atomic E-state index is 12.1. The first kappa shape index (κ1) is 12.2. The fourth-order valence-corrected chi connectivity index (χ4v) is 3.86. The number of carbonyl (C=O) groups excluding carboxylic acids is 2. The molecule has 3 atom stereocenters. The number of carbonyl (C=O) groups is 2. The predicted octanol–water partition coefficient (Wildman–Crippen LogP) is 1.18. The van der Waals surface area contributed by atoms with Crippen LogP contribution in [0.3, 0.4) is 0 Å². The van der Waals surface area contributed by atoms with E-state index in [0.717, 1.165) is 25.7 Å². The van der Waals surface area contributed by atoms with Crippen molar-refractivity contribution in [1.82, 2.24) is 4.90 Å². The van der Waals surface area contributed by atoms with Crippen LogP contribution in [0.25, 0.3) is 0 Å². The highest BCUT2D eigenvalue weighted by Gasteiger charge is 2.72. The number of amides is 2. The van der Waals surface area contributed by atoms with Gasteiger partial charge in [-0.25, -0.2) is 0 Å². The van der Waals surface area contributed by atoms with Crippen molar-refractivity contribution in [2.24, 2.45) is 23.2 Å². The Morgan fingerprint density at radius 2 is 1.72 bits per heavy atom. The summed E-state index contributed by atoms with van der Waals surface area (Å²) in [5, 5.41) is 10.1. The number of fused-ring (bicyclic) bond motifs is 1. The van der Waals surface area contributed by atoms with Crippen molar-refractivity contribution in [2.75, 3.05) is 6.54 Å². The number of piperidine rings is 1. The Bertz CT molecular complexity index is 374. The Morgan fingerprint density at radius 1 is 1.22 bits per heavy atom. The van der Waals surface area contributed by atoms with Gasteiger partial charge in [-0.1, -0.05) is 26.7 Å². The van der Waals surface area contributed by atoms with E-state index >= 15 is 0 Å². The van der Waals surface area contributed by atoms with Gasteiger partial charge in [0.2, 0.25) is 11.8 Å². The Kier molecular flexibility index (Phi) is 2.56. The molecule has 3 fully saturated rings. The number of nitrogens with zero attached hydrogens (tertiary/aromatic N) is 1. The van der Waals surface area contributed by atoms with Gasteiger partial charge in [0.15, 0.2) is 0 Å². The van der Waals surface area contributed by atoms with Crippen molar-refractivity contribution in [3.8, 4) is 0 Å². The molecule has 0 aromatic rings. The van der Waals surface area contributed by atoms with Crippen LogP contribution in [0, 0.1) is 23.2 Å². The number of hydrogen-bond acceptors (Lipinski definition) is 3. The maximum atomic E-state index is 12.1. The summed E-state index contributed by atoms with van der Waals surface area (Å²) in [6.45, 7) is 4.16. The minimum Gasteiger partial charge on any atom is -0.391 e. The number of β-amino-alcohol motifs (C(OH)–C–C–N with tert-alkyl or cyclic N) is 1. The quantitative estimate of drug-likeness (QED) is 0.766. The van der Waals surface area contributed by atoms with Crippen molar-refractivity contribution in [1.29, 1.82) is 0 Å². The normalized spacial score (nSPS) is 36.1. The third-order valence-corrected chi connectivity index (χ3v) is 5.21. The van der Waals surface area contributed by atoms with Gasteiger partial charge in [0, 0.05) is 0 Å². The summed E-state index contributed by atoms with van der Waals surface area (Å²) in [7, 11) is 0. The Hall–Kier alpha value is -0.900. The molecule has 1 N–H and O–H groups in total. The van der Waals surface area contributed by atoms with Gasteiger partial charge in [0.25, 0.3) is 0 Å². The average molecular weight is 251 g/mol. The molecule has 1 aliphatic heterocycles. The average Bonchev–Trinajstić information content (AvgIpc) is 2.74. The van der Waals surface area contributed by atoms with Gasteiger partial charge in [-0.15, -0.1) is 0 Å². The third-order valence-electron chi connectivity index (χ3n) is 5.21. The number of rotatable bonds is 3. The summed E-state index contributed by atoms with van der Waals surface area (Å²) >= 11 is 0. The lowest BCUT2D eigenvalue weighted by molar-refractivity contribution is -0.145. The predicted molar refractivity (Wildman–Crippen MR) is 65.4 cm³/mol. The van der Waals surface area contributed by atoms with Gasteiger partial charge in [-0.05, 0) is 24.2 Å². The van der Waals surface area contributed by atoms with Crippen molar-refractivity contribution in [2.45, 2.75) is 45.6 Å². The van der Waals surface area contributed by atoms with Crippen LogP contribution < -0.4 is 0 Å². The highest BCUT2D eigenvalue weighted by Crippen LogP contribution is 2.63. The molecule has 0 bridgehead atoms. The molecule has 3 aliphatic rings.